The van der Waals surface area contributed by atoms with Crippen LogP contribution in [0.4, 0.5) is 0 Å². The van der Waals surface area contributed by atoms with Crippen LogP contribution in [0.15, 0.2) is 107 Å². The van der Waals surface area contributed by atoms with Crippen LogP contribution in [0.25, 0.3) is 5.57 Å². The summed E-state index contributed by atoms with van der Waals surface area (Å²) in [6, 6.07) is 10.3. The lowest BCUT2D eigenvalue weighted by molar-refractivity contribution is 0.215. The zero-order valence-electron chi connectivity index (χ0n) is 33.9. The first kappa shape index (κ1) is 46.5. The van der Waals surface area contributed by atoms with Crippen molar-refractivity contribution in [1.82, 2.24) is 0 Å². The molecule has 1 aromatic carbocycles. The number of benzene rings is 1. The number of allylic oxidation sites excluding steroid dienone is 12. The highest BCUT2D eigenvalue weighted by Gasteiger charge is 2.29. The van der Waals surface area contributed by atoms with Gasteiger partial charge in [0.05, 0.1) is 0 Å². The average molecular weight is 643 g/mol. The largest absolute Gasteiger partial charge is 0.0961 e. The molecule has 266 valence electrons. The van der Waals surface area contributed by atoms with E-state index in [1.54, 1.807) is 0 Å². The summed E-state index contributed by atoms with van der Waals surface area (Å²) >= 11 is 0. The summed E-state index contributed by atoms with van der Waals surface area (Å²) in [7, 11) is 0. The van der Waals surface area contributed by atoms with Crippen molar-refractivity contribution in [2.75, 3.05) is 0 Å². The highest BCUT2D eigenvalue weighted by Crippen LogP contribution is 2.42. The monoisotopic (exact) mass is 643 g/mol. The molecule has 0 amide bonds. The molecule has 1 saturated carbocycles. The maximum absolute atomic E-state index is 4.34. The molecule has 0 N–H and O–H groups in total. The molecule has 0 bridgehead atoms. The zero-order chi connectivity index (χ0) is 36.4. The standard InChI is InChI=1S/C23H38.C14H16.C8H18.C2H6/c1-9-10-11-18(4)14-20(17(2)3)15-21-16-22(23(6,7)8)13-12-19(21)5;1-4-13(11-10-12(2)3)14-8-6-5-7-9-14;1-4-6-7-8(3)5-2;1-2/h14-15,22H,5,9-13,16H2,1-4,6-8H3;4-11H,2H2,1,3H3;8H,4-7H2,1-3H3;1-2H3/b18-14+,21-15-;11-10-,13-4+;;. The summed E-state index contributed by atoms with van der Waals surface area (Å²) < 4.78 is 0. The van der Waals surface area contributed by atoms with Gasteiger partial charge < -0.3 is 0 Å². The second kappa shape index (κ2) is 27.4. The van der Waals surface area contributed by atoms with Gasteiger partial charge in [-0.05, 0) is 106 Å². The number of unbranched alkanes of at least 4 members (excludes halogenated alkanes) is 2. The number of rotatable bonds is 12. The summed E-state index contributed by atoms with van der Waals surface area (Å²) in [6.07, 6.45) is 24.0. The first-order valence-corrected chi connectivity index (χ1v) is 19.0. The van der Waals surface area contributed by atoms with Gasteiger partial charge in [0.15, 0.2) is 0 Å². The van der Waals surface area contributed by atoms with Crippen molar-refractivity contribution in [3.8, 4) is 0 Å². The highest BCUT2D eigenvalue weighted by atomic mass is 14.3. The van der Waals surface area contributed by atoms with Crippen LogP contribution >= 0.6 is 0 Å². The van der Waals surface area contributed by atoms with Gasteiger partial charge in [-0.3, -0.25) is 0 Å². The fraction of sp³-hybridized carbons (Fsp3) is 0.574. The van der Waals surface area contributed by atoms with Crippen molar-refractivity contribution in [2.45, 2.75) is 161 Å². The topological polar surface area (TPSA) is 0 Å². The summed E-state index contributed by atoms with van der Waals surface area (Å²) in [5, 5.41) is 0. The Morgan fingerprint density at radius 1 is 0.936 bits per heavy atom. The maximum Gasteiger partial charge on any atom is -0.0187 e. The molecule has 2 unspecified atom stereocenters. The Labute approximate surface area is 296 Å². The Morgan fingerprint density at radius 2 is 1.53 bits per heavy atom. The molecule has 1 fully saturated rings. The molecule has 1 aliphatic rings. The van der Waals surface area contributed by atoms with Crippen LogP contribution in [0.2, 0.25) is 0 Å². The van der Waals surface area contributed by atoms with Crippen molar-refractivity contribution in [1.29, 1.82) is 0 Å². The van der Waals surface area contributed by atoms with Crippen molar-refractivity contribution in [3.63, 3.8) is 0 Å². The lowest BCUT2D eigenvalue weighted by Crippen LogP contribution is -2.24. The Balaban J connectivity index is 0. The smallest absolute Gasteiger partial charge is 0.0187 e. The minimum atomic E-state index is 0.387. The maximum atomic E-state index is 4.34. The predicted molar refractivity (Wildman–Crippen MR) is 220 cm³/mol. The van der Waals surface area contributed by atoms with Crippen LogP contribution in [0.1, 0.15) is 167 Å². The van der Waals surface area contributed by atoms with Crippen LogP contribution in [0.3, 0.4) is 0 Å². The lowest BCUT2D eigenvalue weighted by Gasteiger charge is -2.36. The summed E-state index contributed by atoms with van der Waals surface area (Å²) in [6.45, 7) is 39.2. The highest BCUT2D eigenvalue weighted by molar-refractivity contribution is 5.74. The van der Waals surface area contributed by atoms with Crippen molar-refractivity contribution in [2.24, 2.45) is 17.3 Å². The number of hydrogen-bond acceptors (Lipinski definition) is 0. The Hall–Kier alpha value is -2.60. The summed E-state index contributed by atoms with van der Waals surface area (Å²) in [5.41, 5.74) is 11.0. The van der Waals surface area contributed by atoms with E-state index in [1.807, 2.05) is 52.0 Å². The van der Waals surface area contributed by atoms with E-state index in [0.717, 1.165) is 23.8 Å². The van der Waals surface area contributed by atoms with Gasteiger partial charge in [0.2, 0.25) is 0 Å². The molecule has 1 aliphatic carbocycles. The van der Waals surface area contributed by atoms with Crippen molar-refractivity contribution >= 4 is 5.57 Å². The predicted octanol–water partition coefficient (Wildman–Crippen LogP) is 16.3. The molecule has 2 rings (SSSR count). The van der Waals surface area contributed by atoms with Gasteiger partial charge in [-0.2, -0.15) is 0 Å². The molecule has 0 radical (unpaired) electrons. The second-order valence-electron chi connectivity index (χ2n) is 14.6. The van der Waals surface area contributed by atoms with Gasteiger partial charge in [0, 0.05) is 0 Å². The number of hydrogen-bond donors (Lipinski definition) is 0. The van der Waals surface area contributed by atoms with E-state index in [-0.39, 0.29) is 0 Å². The van der Waals surface area contributed by atoms with E-state index >= 15 is 0 Å². The van der Waals surface area contributed by atoms with Crippen LogP contribution in [0.5, 0.6) is 0 Å². The van der Waals surface area contributed by atoms with E-state index in [1.165, 1.54) is 96.8 Å². The van der Waals surface area contributed by atoms with Gasteiger partial charge in [-0.25, -0.2) is 0 Å². The molecular weight excluding hydrogens is 565 g/mol. The molecule has 0 nitrogen and oxygen atoms in total. The van der Waals surface area contributed by atoms with Crippen LogP contribution in [0, 0.1) is 17.3 Å². The normalized spacial score (nSPS) is 16.7. The Bertz CT molecular complexity index is 1130. The van der Waals surface area contributed by atoms with Crippen LogP contribution < -0.4 is 0 Å². The van der Waals surface area contributed by atoms with Gasteiger partial charge >= 0.3 is 0 Å². The third-order valence-electron chi connectivity index (χ3n) is 8.89. The van der Waals surface area contributed by atoms with E-state index in [4.69, 9.17) is 0 Å². The Kier molecular flexibility index (Phi) is 27.1. The van der Waals surface area contributed by atoms with Gasteiger partial charge in [0.1, 0.15) is 0 Å². The molecule has 0 spiro atoms. The molecule has 47 heavy (non-hydrogen) atoms. The molecule has 2 atom stereocenters. The fourth-order valence-corrected chi connectivity index (χ4v) is 5.21. The van der Waals surface area contributed by atoms with E-state index in [2.05, 4.69) is 119 Å². The molecule has 0 aromatic heterocycles. The lowest BCUT2D eigenvalue weighted by atomic mass is 9.69. The first-order chi connectivity index (χ1) is 22.2. The average Bonchev–Trinajstić information content (AvgIpc) is 3.04. The third kappa shape index (κ3) is 22.6. The molecular formula is C47H78. The molecule has 0 heterocycles. The van der Waals surface area contributed by atoms with Crippen LogP contribution in [-0.2, 0) is 0 Å². The molecule has 0 aliphatic heterocycles. The quantitative estimate of drug-likeness (QED) is 0.199. The third-order valence-corrected chi connectivity index (χ3v) is 8.89. The minimum Gasteiger partial charge on any atom is -0.0961 e. The van der Waals surface area contributed by atoms with Crippen molar-refractivity contribution in [3.05, 3.63) is 113 Å². The fourth-order valence-electron chi connectivity index (χ4n) is 5.21. The zero-order valence-corrected chi connectivity index (χ0v) is 33.9. The van der Waals surface area contributed by atoms with Gasteiger partial charge in [-0.15, -0.1) is 0 Å². The second-order valence-corrected chi connectivity index (χ2v) is 14.6. The van der Waals surface area contributed by atoms with Crippen molar-refractivity contribution < 1.29 is 0 Å². The van der Waals surface area contributed by atoms with E-state index < -0.39 is 0 Å². The Morgan fingerprint density at radius 3 is 2.00 bits per heavy atom. The SMILES string of the molecule is C=C(C)/C=C\C(=C/C)c1ccccc1.C=C1CCC(C(C)(C)C)C/C1=C/C(/C=C(\C)CCCC)=C(C)C.CC.CCCCC(C)CC. The molecule has 1 aromatic rings. The minimum absolute atomic E-state index is 0.387. The summed E-state index contributed by atoms with van der Waals surface area (Å²) in [4.78, 5) is 0. The summed E-state index contributed by atoms with van der Waals surface area (Å²) in [5.74, 6) is 1.72. The van der Waals surface area contributed by atoms with Crippen LogP contribution in [-0.4, -0.2) is 0 Å². The van der Waals surface area contributed by atoms with Gasteiger partial charge in [-0.1, -0.05) is 191 Å². The van der Waals surface area contributed by atoms with E-state index in [0.29, 0.717) is 5.41 Å². The van der Waals surface area contributed by atoms with Gasteiger partial charge in [0.25, 0.3) is 0 Å². The van der Waals surface area contributed by atoms with E-state index in [9.17, 15) is 0 Å². The molecule has 0 saturated heterocycles. The first-order valence-electron chi connectivity index (χ1n) is 19.0. The molecule has 0 heteroatoms.